The van der Waals surface area contributed by atoms with Crippen molar-refractivity contribution in [2.24, 2.45) is 0 Å². The van der Waals surface area contributed by atoms with Crippen LogP contribution in [0.2, 0.25) is 0 Å². The molecule has 0 saturated carbocycles. The highest BCUT2D eigenvalue weighted by atomic mass is 16.5. The number of carbonyl (C=O) groups excluding carboxylic acids is 2. The van der Waals surface area contributed by atoms with Crippen LogP contribution in [0.15, 0.2) is 54.6 Å². The van der Waals surface area contributed by atoms with E-state index < -0.39 is 5.97 Å². The van der Waals surface area contributed by atoms with Gasteiger partial charge in [-0.05, 0) is 62.4 Å². The first kappa shape index (κ1) is 19.2. The number of carbonyl (C=O) groups is 2. The number of aryl methyl sites for hydroxylation is 1. The van der Waals surface area contributed by atoms with E-state index in [1.165, 1.54) is 24.3 Å². The van der Waals surface area contributed by atoms with Crippen molar-refractivity contribution in [3.63, 3.8) is 0 Å². The normalized spacial score (nSPS) is 10.5. The molecule has 0 aliphatic carbocycles. The first-order chi connectivity index (χ1) is 13.4. The Kier molecular flexibility index (Phi) is 5.49. The maximum Gasteiger partial charge on any atom is 0.338 e. The van der Waals surface area contributed by atoms with E-state index in [1.807, 2.05) is 42.7 Å². The molecular weight excluding hydrogens is 358 g/mol. The fourth-order valence-electron chi connectivity index (χ4n) is 3.10. The van der Waals surface area contributed by atoms with Gasteiger partial charge in [-0.25, -0.2) is 4.79 Å². The second-order valence-electron chi connectivity index (χ2n) is 6.37. The summed E-state index contributed by atoms with van der Waals surface area (Å²) in [7, 11) is 1.61. The van der Waals surface area contributed by atoms with Crippen molar-refractivity contribution in [3.8, 4) is 17.2 Å². The van der Waals surface area contributed by atoms with Gasteiger partial charge in [-0.3, -0.25) is 4.79 Å². The number of nitrogens with zero attached hydrogens (tertiary/aromatic N) is 1. The molecular formula is C22H21NO5. The van der Waals surface area contributed by atoms with E-state index in [1.54, 1.807) is 13.2 Å². The summed E-state index contributed by atoms with van der Waals surface area (Å²) < 4.78 is 12.3. The van der Waals surface area contributed by atoms with Crippen LogP contribution in [0.4, 0.5) is 0 Å². The van der Waals surface area contributed by atoms with Gasteiger partial charge in [-0.1, -0.05) is 6.07 Å². The topological polar surface area (TPSA) is 77.8 Å². The Bertz CT molecular complexity index is 1020. The molecule has 0 bridgehead atoms. The maximum absolute atomic E-state index is 12.6. The van der Waals surface area contributed by atoms with E-state index in [-0.39, 0.29) is 23.7 Å². The Balaban J connectivity index is 1.76. The Hall–Kier alpha value is -3.54. The number of rotatable bonds is 6. The van der Waals surface area contributed by atoms with Crippen LogP contribution in [0.25, 0.3) is 5.69 Å². The lowest BCUT2D eigenvalue weighted by Crippen LogP contribution is -2.15. The van der Waals surface area contributed by atoms with Crippen LogP contribution in [0.5, 0.6) is 11.5 Å². The summed E-state index contributed by atoms with van der Waals surface area (Å²) >= 11 is 0. The van der Waals surface area contributed by atoms with E-state index in [0.29, 0.717) is 5.56 Å². The summed E-state index contributed by atoms with van der Waals surface area (Å²) in [5.41, 5.74) is 3.26. The maximum atomic E-state index is 12.6. The van der Waals surface area contributed by atoms with E-state index in [4.69, 9.17) is 9.47 Å². The summed E-state index contributed by atoms with van der Waals surface area (Å²) in [6.45, 7) is 3.38. The number of ether oxygens (including phenoxy) is 2. The third-order valence-corrected chi connectivity index (χ3v) is 4.48. The standard InChI is InChI=1S/C22H21NO5/c1-14-11-20(15(2)23(14)17-7-9-19(27-3)10-8-17)21(25)13-28-22(26)16-5-4-6-18(24)12-16/h4-12,24H,13H2,1-3H3. The molecule has 0 amide bonds. The highest BCUT2D eigenvalue weighted by Gasteiger charge is 2.19. The Morgan fingerprint density at radius 3 is 2.39 bits per heavy atom. The monoisotopic (exact) mass is 379 g/mol. The average Bonchev–Trinajstić information content (AvgIpc) is 3.00. The molecule has 1 aromatic heterocycles. The van der Waals surface area contributed by atoms with Gasteiger partial charge >= 0.3 is 5.97 Å². The lowest BCUT2D eigenvalue weighted by atomic mass is 10.1. The van der Waals surface area contributed by atoms with Crippen LogP contribution >= 0.6 is 0 Å². The summed E-state index contributed by atoms with van der Waals surface area (Å²) in [6.07, 6.45) is 0. The first-order valence-electron chi connectivity index (χ1n) is 8.73. The zero-order valence-corrected chi connectivity index (χ0v) is 15.9. The molecule has 6 heteroatoms. The van der Waals surface area contributed by atoms with Crippen molar-refractivity contribution in [2.45, 2.75) is 13.8 Å². The molecule has 0 saturated heterocycles. The van der Waals surface area contributed by atoms with Gasteiger partial charge in [0.15, 0.2) is 6.61 Å². The molecule has 28 heavy (non-hydrogen) atoms. The molecule has 0 radical (unpaired) electrons. The number of ketones is 1. The Labute approximate surface area is 162 Å². The largest absolute Gasteiger partial charge is 0.508 e. The molecule has 0 fully saturated rings. The predicted octanol–water partition coefficient (Wildman–Crippen LogP) is 3.85. The number of hydrogen-bond donors (Lipinski definition) is 1. The minimum Gasteiger partial charge on any atom is -0.508 e. The molecule has 3 rings (SSSR count). The van der Waals surface area contributed by atoms with Gasteiger partial charge in [-0.2, -0.15) is 0 Å². The molecule has 1 N–H and O–H groups in total. The van der Waals surface area contributed by atoms with E-state index in [2.05, 4.69) is 0 Å². The quantitative estimate of drug-likeness (QED) is 0.520. The van der Waals surface area contributed by atoms with Crippen molar-refractivity contribution in [3.05, 3.63) is 77.1 Å². The van der Waals surface area contributed by atoms with Gasteiger partial charge in [0.2, 0.25) is 5.78 Å². The molecule has 1 heterocycles. The fourth-order valence-corrected chi connectivity index (χ4v) is 3.10. The molecule has 0 atom stereocenters. The highest BCUT2D eigenvalue weighted by molar-refractivity contribution is 6.00. The molecule has 0 spiro atoms. The van der Waals surface area contributed by atoms with Gasteiger partial charge in [0, 0.05) is 22.6 Å². The Morgan fingerprint density at radius 1 is 1.04 bits per heavy atom. The van der Waals surface area contributed by atoms with E-state index >= 15 is 0 Å². The molecule has 2 aromatic carbocycles. The summed E-state index contributed by atoms with van der Waals surface area (Å²) in [6, 6.07) is 15.1. The van der Waals surface area contributed by atoms with Crippen molar-refractivity contribution in [1.29, 1.82) is 0 Å². The summed E-state index contributed by atoms with van der Waals surface area (Å²) in [5, 5.41) is 9.44. The Morgan fingerprint density at radius 2 is 1.75 bits per heavy atom. The van der Waals surface area contributed by atoms with Crippen molar-refractivity contribution in [1.82, 2.24) is 4.57 Å². The minimum atomic E-state index is -0.659. The van der Waals surface area contributed by atoms with Gasteiger partial charge in [0.05, 0.1) is 12.7 Å². The van der Waals surface area contributed by atoms with E-state index in [0.717, 1.165) is 22.8 Å². The number of phenols is 1. The average molecular weight is 379 g/mol. The van der Waals surface area contributed by atoms with Gasteiger partial charge in [0.1, 0.15) is 11.5 Å². The number of esters is 1. The highest BCUT2D eigenvalue weighted by Crippen LogP contribution is 2.23. The molecule has 6 nitrogen and oxygen atoms in total. The van der Waals surface area contributed by atoms with Gasteiger partial charge < -0.3 is 19.1 Å². The zero-order valence-electron chi connectivity index (χ0n) is 15.9. The third-order valence-electron chi connectivity index (χ3n) is 4.48. The zero-order chi connectivity index (χ0) is 20.3. The molecule has 0 unspecified atom stereocenters. The van der Waals surface area contributed by atoms with E-state index in [9.17, 15) is 14.7 Å². The van der Waals surface area contributed by atoms with Crippen LogP contribution in [-0.2, 0) is 4.74 Å². The number of hydrogen-bond acceptors (Lipinski definition) is 5. The number of phenolic OH excluding ortho intramolecular Hbond substituents is 1. The van der Waals surface area contributed by atoms with Crippen LogP contribution in [0, 0.1) is 13.8 Å². The smallest absolute Gasteiger partial charge is 0.338 e. The van der Waals surface area contributed by atoms with Gasteiger partial charge in [0.25, 0.3) is 0 Å². The molecule has 0 aliphatic rings. The second kappa shape index (κ2) is 8.00. The number of Topliss-reactive ketones (excluding diaryl/α,β-unsaturated/α-hetero) is 1. The van der Waals surface area contributed by atoms with Crippen LogP contribution in [0.3, 0.4) is 0 Å². The van der Waals surface area contributed by atoms with Crippen molar-refractivity contribution >= 4 is 11.8 Å². The second-order valence-corrected chi connectivity index (χ2v) is 6.37. The fraction of sp³-hybridized carbons (Fsp3) is 0.182. The SMILES string of the molecule is COc1ccc(-n2c(C)cc(C(=O)COC(=O)c3cccc(O)c3)c2C)cc1. The number of benzene rings is 2. The van der Waals surface area contributed by atoms with Gasteiger partial charge in [-0.15, -0.1) is 0 Å². The van der Waals surface area contributed by atoms with Crippen LogP contribution < -0.4 is 4.74 Å². The molecule has 3 aromatic rings. The molecule has 0 aliphatic heterocycles. The summed E-state index contributed by atoms with van der Waals surface area (Å²) in [5.74, 6) is -0.236. The van der Waals surface area contributed by atoms with Crippen molar-refractivity contribution < 1.29 is 24.2 Å². The number of aromatic hydroxyl groups is 1. The number of methoxy groups -OCH3 is 1. The van der Waals surface area contributed by atoms with Crippen LogP contribution in [0.1, 0.15) is 32.1 Å². The predicted molar refractivity (Wildman–Crippen MR) is 105 cm³/mol. The third kappa shape index (κ3) is 3.91. The lowest BCUT2D eigenvalue weighted by molar-refractivity contribution is 0.0474. The van der Waals surface area contributed by atoms with Crippen LogP contribution in [-0.4, -0.2) is 35.1 Å². The lowest BCUT2D eigenvalue weighted by Gasteiger charge is -2.11. The van der Waals surface area contributed by atoms with Crippen molar-refractivity contribution in [2.75, 3.05) is 13.7 Å². The first-order valence-corrected chi connectivity index (χ1v) is 8.73. The number of aromatic nitrogens is 1. The molecule has 144 valence electrons. The minimum absolute atomic E-state index is 0.0381. The summed E-state index contributed by atoms with van der Waals surface area (Å²) in [4.78, 5) is 24.7.